The molecule has 0 radical (unpaired) electrons. The second-order valence-electron chi connectivity index (χ2n) is 6.73. The monoisotopic (exact) mass is 312 g/mol. The van der Waals surface area contributed by atoms with E-state index in [0.29, 0.717) is 18.0 Å². The summed E-state index contributed by atoms with van der Waals surface area (Å²) >= 11 is 0. The smallest absolute Gasteiger partial charge is 0.224 e. The highest BCUT2D eigenvalue weighted by atomic mass is 15.2. The third-order valence-corrected chi connectivity index (χ3v) is 4.96. The topological polar surface area (TPSA) is 80.0 Å². The van der Waals surface area contributed by atoms with E-state index >= 15 is 0 Å². The maximum Gasteiger partial charge on any atom is 0.224 e. The molecule has 0 amide bonds. The van der Waals surface area contributed by atoms with Crippen LogP contribution in [-0.2, 0) is 0 Å². The molecule has 2 aliphatic rings. The van der Waals surface area contributed by atoms with Crippen LogP contribution in [0.1, 0.15) is 38.5 Å². The molecule has 0 aromatic carbocycles. The van der Waals surface area contributed by atoms with E-state index in [1.165, 1.54) is 12.8 Å². The molecule has 1 saturated heterocycles. The van der Waals surface area contributed by atoms with Crippen molar-refractivity contribution in [2.75, 3.05) is 23.3 Å². The summed E-state index contributed by atoms with van der Waals surface area (Å²) in [4.78, 5) is 16.1. The van der Waals surface area contributed by atoms with Crippen LogP contribution in [0.4, 0.5) is 11.8 Å². The second-order valence-corrected chi connectivity index (χ2v) is 6.73. The van der Waals surface area contributed by atoms with Gasteiger partial charge in [-0.25, -0.2) is 9.97 Å². The fourth-order valence-electron chi connectivity index (χ4n) is 3.54. The molecule has 3 N–H and O–H groups in total. The van der Waals surface area contributed by atoms with Gasteiger partial charge in [0.25, 0.3) is 0 Å². The largest absolute Gasteiger partial charge is 0.357 e. The Bertz CT molecular complexity index is 674. The Balaban J connectivity index is 1.53. The molecule has 23 heavy (non-hydrogen) atoms. The van der Waals surface area contributed by atoms with Crippen molar-refractivity contribution in [1.29, 1.82) is 0 Å². The molecule has 0 spiro atoms. The molecule has 2 fully saturated rings. The first-order chi connectivity index (χ1) is 11.3. The van der Waals surface area contributed by atoms with Gasteiger partial charge in [-0.1, -0.05) is 0 Å². The minimum absolute atomic E-state index is 0.357. The average Bonchev–Trinajstić information content (AvgIpc) is 3.11. The van der Waals surface area contributed by atoms with Gasteiger partial charge in [0, 0.05) is 36.8 Å². The minimum Gasteiger partial charge on any atom is -0.357 e. The van der Waals surface area contributed by atoms with Gasteiger partial charge in [-0.15, -0.1) is 0 Å². The van der Waals surface area contributed by atoms with Crippen molar-refractivity contribution in [3.8, 4) is 0 Å². The van der Waals surface area contributed by atoms with Gasteiger partial charge in [-0.3, -0.25) is 0 Å². The van der Waals surface area contributed by atoms with Crippen molar-refractivity contribution in [3.05, 3.63) is 18.3 Å². The van der Waals surface area contributed by atoms with Crippen LogP contribution in [0.25, 0.3) is 11.0 Å². The van der Waals surface area contributed by atoms with E-state index in [0.717, 1.165) is 55.6 Å². The molecule has 1 saturated carbocycles. The molecule has 0 atom stereocenters. The highest BCUT2D eigenvalue weighted by Crippen LogP contribution is 2.23. The summed E-state index contributed by atoms with van der Waals surface area (Å²) in [5.74, 6) is 1.72. The van der Waals surface area contributed by atoms with E-state index in [2.05, 4.69) is 32.3 Å². The second kappa shape index (κ2) is 6.28. The number of rotatable bonds is 3. The van der Waals surface area contributed by atoms with Crippen molar-refractivity contribution in [2.24, 2.45) is 5.73 Å². The number of fused-ring (bicyclic) bond motifs is 1. The lowest BCUT2D eigenvalue weighted by molar-refractivity contribution is 0.410. The van der Waals surface area contributed by atoms with Gasteiger partial charge in [-0.2, -0.15) is 4.98 Å². The lowest BCUT2D eigenvalue weighted by Crippen LogP contribution is -2.33. The van der Waals surface area contributed by atoms with Crippen molar-refractivity contribution >= 4 is 22.8 Å². The summed E-state index contributed by atoms with van der Waals surface area (Å²) < 4.78 is 0. The van der Waals surface area contributed by atoms with Crippen LogP contribution in [0.3, 0.4) is 0 Å². The lowest BCUT2D eigenvalue weighted by Gasteiger charge is -2.26. The van der Waals surface area contributed by atoms with Gasteiger partial charge in [-0.05, 0) is 50.7 Å². The van der Waals surface area contributed by atoms with E-state index in [4.69, 9.17) is 10.7 Å². The minimum atomic E-state index is 0.357. The van der Waals surface area contributed by atoms with E-state index in [1.54, 1.807) is 0 Å². The van der Waals surface area contributed by atoms with Crippen molar-refractivity contribution in [1.82, 2.24) is 15.0 Å². The average molecular weight is 312 g/mol. The summed E-state index contributed by atoms with van der Waals surface area (Å²) in [7, 11) is 0. The molecule has 122 valence electrons. The van der Waals surface area contributed by atoms with Crippen LogP contribution in [0.5, 0.6) is 0 Å². The van der Waals surface area contributed by atoms with E-state index < -0.39 is 0 Å². The summed E-state index contributed by atoms with van der Waals surface area (Å²) in [5, 5.41) is 4.44. The Morgan fingerprint density at radius 1 is 1.04 bits per heavy atom. The summed E-state index contributed by atoms with van der Waals surface area (Å²) in [6.07, 6.45) is 8.68. The molecule has 0 bridgehead atoms. The Kier molecular flexibility index (Phi) is 3.99. The zero-order chi connectivity index (χ0) is 15.6. The Hall–Kier alpha value is -1.95. The molecular weight excluding hydrogens is 288 g/mol. The normalized spacial score (nSPS) is 25.0. The number of anilines is 2. The van der Waals surface area contributed by atoms with Crippen molar-refractivity contribution in [3.63, 3.8) is 0 Å². The first-order valence-electron chi connectivity index (χ1n) is 8.69. The van der Waals surface area contributed by atoms with Crippen LogP contribution in [-0.4, -0.2) is 40.1 Å². The Morgan fingerprint density at radius 2 is 1.83 bits per heavy atom. The Morgan fingerprint density at radius 3 is 2.61 bits per heavy atom. The molecule has 6 nitrogen and oxygen atoms in total. The van der Waals surface area contributed by atoms with E-state index in [9.17, 15) is 0 Å². The zero-order valence-corrected chi connectivity index (χ0v) is 13.4. The van der Waals surface area contributed by atoms with Crippen LogP contribution in [0.15, 0.2) is 18.3 Å². The predicted molar refractivity (Wildman–Crippen MR) is 92.6 cm³/mol. The van der Waals surface area contributed by atoms with Crippen LogP contribution in [0, 0.1) is 0 Å². The number of hydrogen-bond acceptors (Lipinski definition) is 6. The van der Waals surface area contributed by atoms with Gasteiger partial charge < -0.3 is 16.0 Å². The van der Waals surface area contributed by atoms with Crippen LogP contribution in [0.2, 0.25) is 0 Å². The third kappa shape index (κ3) is 3.22. The molecule has 0 unspecified atom stereocenters. The molecular formula is C17H24N6. The maximum absolute atomic E-state index is 5.97. The molecule has 3 heterocycles. The number of hydrogen-bond donors (Lipinski definition) is 2. The summed E-state index contributed by atoms with van der Waals surface area (Å²) in [6, 6.07) is 4.93. The molecule has 1 aliphatic heterocycles. The van der Waals surface area contributed by atoms with Crippen molar-refractivity contribution in [2.45, 2.75) is 50.6 Å². The van der Waals surface area contributed by atoms with Gasteiger partial charge in [0.1, 0.15) is 5.82 Å². The van der Waals surface area contributed by atoms with Crippen molar-refractivity contribution < 1.29 is 0 Å². The number of nitrogens with one attached hydrogen (secondary N) is 1. The van der Waals surface area contributed by atoms with Crippen LogP contribution >= 0.6 is 0 Å². The maximum atomic E-state index is 5.97. The summed E-state index contributed by atoms with van der Waals surface area (Å²) in [5.41, 5.74) is 6.74. The quantitative estimate of drug-likeness (QED) is 0.905. The molecule has 2 aromatic rings. The first-order valence-corrected chi connectivity index (χ1v) is 8.69. The van der Waals surface area contributed by atoms with Crippen LogP contribution < -0.4 is 16.0 Å². The standard InChI is InChI=1S/C17H24N6/c18-13-4-6-14(7-5-13)20-17-19-11-12-3-8-15(21-16(12)22-17)23-9-1-2-10-23/h3,8,11,13-14H,1-2,4-7,9-10,18H2,(H,19,20,21,22). The molecule has 1 aliphatic carbocycles. The Labute approximate surface area is 136 Å². The molecule has 4 rings (SSSR count). The highest BCUT2D eigenvalue weighted by Gasteiger charge is 2.19. The first kappa shape index (κ1) is 14.6. The third-order valence-electron chi connectivity index (χ3n) is 4.96. The number of pyridine rings is 1. The van der Waals surface area contributed by atoms with Gasteiger partial charge >= 0.3 is 0 Å². The zero-order valence-electron chi connectivity index (χ0n) is 13.4. The SMILES string of the molecule is NC1CCC(Nc2ncc3ccc(N4CCCC4)nc3n2)CC1. The van der Waals surface area contributed by atoms with E-state index in [1.807, 2.05) is 6.20 Å². The number of nitrogens with two attached hydrogens (primary N) is 1. The van der Waals surface area contributed by atoms with Gasteiger partial charge in [0.2, 0.25) is 5.95 Å². The molecule has 6 heteroatoms. The highest BCUT2D eigenvalue weighted by molar-refractivity contribution is 5.76. The van der Waals surface area contributed by atoms with E-state index in [-0.39, 0.29) is 0 Å². The number of aromatic nitrogens is 3. The predicted octanol–water partition coefficient (Wildman–Crippen LogP) is 2.31. The summed E-state index contributed by atoms with van der Waals surface area (Å²) in [6.45, 7) is 2.19. The van der Waals surface area contributed by atoms with Gasteiger partial charge in [0.05, 0.1) is 0 Å². The molecule has 2 aromatic heterocycles. The number of nitrogens with zero attached hydrogens (tertiary/aromatic N) is 4. The fraction of sp³-hybridized carbons (Fsp3) is 0.588. The fourth-order valence-corrected chi connectivity index (χ4v) is 3.54. The van der Waals surface area contributed by atoms with Gasteiger partial charge in [0.15, 0.2) is 5.65 Å². The lowest BCUT2D eigenvalue weighted by atomic mass is 9.92.